The number of carbonyl (C=O) groups is 6. The molecule has 0 saturated carbocycles. The van der Waals surface area contributed by atoms with Crippen LogP contribution in [0.3, 0.4) is 0 Å². The molecule has 0 spiro atoms. The number of esters is 2. The summed E-state index contributed by atoms with van der Waals surface area (Å²) in [5.41, 5.74) is 5.67. The molecule has 32 heavy (non-hydrogen) atoms. The third kappa shape index (κ3) is 8.83. The fraction of sp³-hybridized carbons (Fsp3) is 0.684. The molecular formula is C19H30N4O8S. The molecule has 4 amide bonds. The number of hydrogen-bond donors (Lipinski definition) is 3. The normalized spacial score (nSPS) is 17.5. The smallest absolute Gasteiger partial charge is 0.325 e. The standard InChI is InChI=1S/C19H30N4O8S/c1-4-30-16(26)9-21-17(27)12(10-32-13-8-15(25)23(3)18(13)28)22-14(24)7-6-11(20)19(29)31-5-2/h11-13H,4-10,20H2,1-3H3,(H,21,27)(H,22,24)/t11-,12-,13?/m0/s1. The SMILES string of the molecule is CCOC(=O)CNC(=O)[C@H](CSC1CC(=O)N(C)C1=O)NC(=O)CC[C@H](N)C(=O)OCC. The first-order valence-corrected chi connectivity index (χ1v) is 11.2. The van der Waals surface area contributed by atoms with Crippen LogP contribution in [-0.4, -0.2) is 90.4 Å². The van der Waals surface area contributed by atoms with Crippen LogP contribution in [0.5, 0.6) is 0 Å². The molecule has 3 atom stereocenters. The average Bonchev–Trinajstić information content (AvgIpc) is 3.00. The van der Waals surface area contributed by atoms with Gasteiger partial charge in [0.25, 0.3) is 0 Å². The summed E-state index contributed by atoms with van der Waals surface area (Å²) in [6.45, 7) is 3.18. The molecule has 180 valence electrons. The Hall–Kier alpha value is -2.67. The summed E-state index contributed by atoms with van der Waals surface area (Å²) in [6, 6.07) is -2.07. The first kappa shape index (κ1) is 27.4. The van der Waals surface area contributed by atoms with Crippen molar-refractivity contribution in [3.05, 3.63) is 0 Å². The Kier molecular flexibility index (Phi) is 11.7. The third-order valence-corrected chi connectivity index (χ3v) is 5.74. The van der Waals surface area contributed by atoms with Crippen LogP contribution in [0.2, 0.25) is 0 Å². The zero-order chi connectivity index (χ0) is 24.3. The number of imide groups is 1. The lowest BCUT2D eigenvalue weighted by Gasteiger charge is -2.20. The molecule has 12 nitrogen and oxygen atoms in total. The summed E-state index contributed by atoms with van der Waals surface area (Å²) in [4.78, 5) is 72.7. The van der Waals surface area contributed by atoms with Crippen LogP contribution in [0.25, 0.3) is 0 Å². The minimum absolute atomic E-state index is 0.000491. The van der Waals surface area contributed by atoms with Crippen LogP contribution in [0.1, 0.15) is 33.1 Å². The van der Waals surface area contributed by atoms with Crippen LogP contribution in [-0.2, 0) is 38.2 Å². The van der Waals surface area contributed by atoms with E-state index in [-0.39, 0.29) is 56.6 Å². The van der Waals surface area contributed by atoms with Crippen molar-refractivity contribution in [1.82, 2.24) is 15.5 Å². The van der Waals surface area contributed by atoms with Gasteiger partial charge in [0, 0.05) is 25.6 Å². The van der Waals surface area contributed by atoms with Gasteiger partial charge in [-0.15, -0.1) is 11.8 Å². The van der Waals surface area contributed by atoms with Gasteiger partial charge in [0.2, 0.25) is 23.6 Å². The van der Waals surface area contributed by atoms with Gasteiger partial charge in [-0.05, 0) is 20.3 Å². The number of rotatable bonds is 13. The number of nitrogens with two attached hydrogens (primary N) is 1. The van der Waals surface area contributed by atoms with Crippen LogP contribution < -0.4 is 16.4 Å². The molecule has 0 bridgehead atoms. The number of likely N-dealkylation sites (tertiary alicyclic amines) is 1. The van der Waals surface area contributed by atoms with Crippen LogP contribution in [0, 0.1) is 0 Å². The second-order valence-electron chi connectivity index (χ2n) is 6.86. The minimum Gasteiger partial charge on any atom is -0.465 e. The average molecular weight is 475 g/mol. The van der Waals surface area contributed by atoms with Crippen molar-refractivity contribution in [1.29, 1.82) is 0 Å². The Morgan fingerprint density at radius 3 is 2.41 bits per heavy atom. The van der Waals surface area contributed by atoms with Crippen LogP contribution >= 0.6 is 11.8 Å². The van der Waals surface area contributed by atoms with Crippen molar-refractivity contribution in [2.45, 2.75) is 50.4 Å². The van der Waals surface area contributed by atoms with Crippen molar-refractivity contribution in [2.75, 3.05) is 32.6 Å². The third-order valence-electron chi connectivity index (χ3n) is 4.44. The Morgan fingerprint density at radius 1 is 1.19 bits per heavy atom. The molecule has 0 aromatic carbocycles. The van der Waals surface area contributed by atoms with E-state index in [9.17, 15) is 28.8 Å². The van der Waals surface area contributed by atoms with Gasteiger partial charge in [-0.3, -0.25) is 33.7 Å². The summed E-state index contributed by atoms with van der Waals surface area (Å²) < 4.78 is 9.53. The van der Waals surface area contributed by atoms with E-state index in [1.54, 1.807) is 13.8 Å². The van der Waals surface area contributed by atoms with E-state index >= 15 is 0 Å². The Morgan fingerprint density at radius 2 is 1.84 bits per heavy atom. The lowest BCUT2D eigenvalue weighted by atomic mass is 10.1. The van der Waals surface area contributed by atoms with Crippen molar-refractivity contribution in [2.24, 2.45) is 5.73 Å². The molecule has 1 aliphatic rings. The van der Waals surface area contributed by atoms with Gasteiger partial charge in [-0.1, -0.05) is 0 Å². The van der Waals surface area contributed by atoms with Crippen molar-refractivity contribution in [3.8, 4) is 0 Å². The van der Waals surface area contributed by atoms with E-state index in [4.69, 9.17) is 15.2 Å². The molecule has 0 aromatic heterocycles. The molecule has 4 N–H and O–H groups in total. The summed E-state index contributed by atoms with van der Waals surface area (Å²) in [5.74, 6) is -3.19. The Balaban J connectivity index is 2.69. The summed E-state index contributed by atoms with van der Waals surface area (Å²) in [5, 5.41) is 4.23. The van der Waals surface area contributed by atoms with Crippen LogP contribution in [0.15, 0.2) is 0 Å². The summed E-state index contributed by atoms with van der Waals surface area (Å²) in [7, 11) is 1.38. The zero-order valence-corrected chi connectivity index (χ0v) is 19.2. The largest absolute Gasteiger partial charge is 0.465 e. The van der Waals surface area contributed by atoms with Gasteiger partial charge in [-0.2, -0.15) is 0 Å². The van der Waals surface area contributed by atoms with Gasteiger partial charge < -0.3 is 25.8 Å². The fourth-order valence-corrected chi connectivity index (χ4v) is 3.88. The minimum atomic E-state index is -1.09. The molecule has 1 heterocycles. The van der Waals surface area contributed by atoms with E-state index in [1.807, 2.05) is 0 Å². The monoisotopic (exact) mass is 474 g/mol. The lowest BCUT2D eigenvalue weighted by Crippen LogP contribution is -2.50. The van der Waals surface area contributed by atoms with Crippen molar-refractivity contribution >= 4 is 47.3 Å². The molecule has 1 aliphatic heterocycles. The maximum absolute atomic E-state index is 12.5. The molecule has 1 unspecified atom stereocenters. The molecular weight excluding hydrogens is 444 g/mol. The predicted molar refractivity (Wildman–Crippen MR) is 114 cm³/mol. The molecule has 0 aliphatic carbocycles. The molecule has 13 heteroatoms. The van der Waals surface area contributed by atoms with Gasteiger partial charge in [0.15, 0.2) is 0 Å². The highest BCUT2D eigenvalue weighted by Crippen LogP contribution is 2.24. The quantitative estimate of drug-likeness (QED) is 0.206. The fourth-order valence-electron chi connectivity index (χ4n) is 2.66. The highest BCUT2D eigenvalue weighted by Gasteiger charge is 2.37. The van der Waals surface area contributed by atoms with Gasteiger partial charge >= 0.3 is 11.9 Å². The highest BCUT2D eigenvalue weighted by atomic mass is 32.2. The number of nitrogens with zero attached hydrogens (tertiary/aromatic N) is 1. The van der Waals surface area contributed by atoms with E-state index in [2.05, 4.69) is 10.6 Å². The summed E-state index contributed by atoms with van der Waals surface area (Å²) >= 11 is 1.06. The van der Waals surface area contributed by atoms with E-state index in [0.29, 0.717) is 0 Å². The van der Waals surface area contributed by atoms with Gasteiger partial charge in [0.05, 0.1) is 18.5 Å². The first-order valence-electron chi connectivity index (χ1n) is 10.2. The first-order chi connectivity index (χ1) is 15.1. The Labute approximate surface area is 190 Å². The molecule has 1 fully saturated rings. The van der Waals surface area contributed by atoms with E-state index < -0.39 is 41.1 Å². The predicted octanol–water partition coefficient (Wildman–Crippen LogP) is -1.69. The number of hydrogen-bond acceptors (Lipinski definition) is 10. The number of amides is 4. The van der Waals surface area contributed by atoms with Crippen LogP contribution in [0.4, 0.5) is 0 Å². The van der Waals surface area contributed by atoms with Crippen molar-refractivity contribution in [3.63, 3.8) is 0 Å². The highest BCUT2D eigenvalue weighted by molar-refractivity contribution is 8.00. The molecule has 0 radical (unpaired) electrons. The van der Waals surface area contributed by atoms with Crippen molar-refractivity contribution < 1.29 is 38.2 Å². The lowest BCUT2D eigenvalue weighted by molar-refractivity contribution is -0.145. The molecule has 1 rings (SSSR count). The summed E-state index contributed by atoms with van der Waals surface area (Å²) in [6.07, 6.45) is -0.134. The zero-order valence-electron chi connectivity index (χ0n) is 18.4. The second-order valence-corrected chi connectivity index (χ2v) is 8.09. The number of carbonyl (C=O) groups excluding carboxylic acids is 6. The van der Waals surface area contributed by atoms with E-state index in [1.165, 1.54) is 7.05 Å². The topological polar surface area (TPSA) is 174 Å². The van der Waals surface area contributed by atoms with E-state index in [0.717, 1.165) is 16.7 Å². The molecule has 1 saturated heterocycles. The second kappa shape index (κ2) is 13.7. The van der Waals surface area contributed by atoms with Gasteiger partial charge in [-0.25, -0.2) is 0 Å². The van der Waals surface area contributed by atoms with Gasteiger partial charge in [0.1, 0.15) is 18.6 Å². The molecule has 0 aromatic rings. The number of ether oxygens (including phenoxy) is 2. The Bertz CT molecular complexity index is 732. The maximum Gasteiger partial charge on any atom is 0.325 e. The maximum atomic E-state index is 12.5. The number of nitrogens with one attached hydrogen (secondary N) is 2. The number of thioether (sulfide) groups is 1.